The Hall–Kier alpha value is -0.140. The van der Waals surface area contributed by atoms with Gasteiger partial charge in [0.05, 0.1) is 5.02 Å². The normalized spacial score (nSPS) is 20.7. The summed E-state index contributed by atoms with van der Waals surface area (Å²) in [6.07, 6.45) is 0.799. The molecule has 0 saturated carbocycles. The Balaban J connectivity index is 2.24. The molecule has 0 aliphatic carbocycles. The van der Waals surface area contributed by atoms with Crippen LogP contribution in [-0.4, -0.2) is 27.5 Å². The molecule has 0 bridgehead atoms. The van der Waals surface area contributed by atoms with E-state index >= 15 is 0 Å². The molecule has 1 saturated heterocycles. The molecule has 1 atom stereocenters. The van der Waals surface area contributed by atoms with Crippen molar-refractivity contribution in [2.75, 3.05) is 13.1 Å². The molecule has 2 N–H and O–H groups in total. The quantitative estimate of drug-likeness (QED) is 0.882. The van der Waals surface area contributed by atoms with Crippen molar-refractivity contribution in [2.45, 2.75) is 17.4 Å². The summed E-state index contributed by atoms with van der Waals surface area (Å²) >= 11 is 9.18. The van der Waals surface area contributed by atoms with Crippen LogP contribution in [0.15, 0.2) is 27.6 Å². The molecule has 0 spiro atoms. The van der Waals surface area contributed by atoms with E-state index in [4.69, 9.17) is 11.6 Å². The maximum atomic E-state index is 12.1. The second-order valence-electron chi connectivity index (χ2n) is 3.89. The second kappa shape index (κ2) is 5.24. The smallest absolute Gasteiger partial charge is 0.242 e. The number of nitrogens with one attached hydrogen (secondary N) is 2. The van der Waals surface area contributed by atoms with Gasteiger partial charge < -0.3 is 5.32 Å². The first kappa shape index (κ1) is 13.3. The average Bonchev–Trinajstić information content (AvgIpc) is 2.68. The highest BCUT2D eigenvalue weighted by Gasteiger charge is 2.24. The van der Waals surface area contributed by atoms with E-state index in [9.17, 15) is 8.42 Å². The van der Waals surface area contributed by atoms with E-state index in [1.807, 2.05) is 0 Å². The van der Waals surface area contributed by atoms with Gasteiger partial charge in [0, 0.05) is 17.1 Å². The van der Waals surface area contributed by atoms with Crippen LogP contribution >= 0.6 is 27.5 Å². The van der Waals surface area contributed by atoms with Crippen LogP contribution < -0.4 is 10.0 Å². The molecule has 1 aliphatic heterocycles. The summed E-state index contributed by atoms with van der Waals surface area (Å²) in [6.45, 7) is 1.49. The van der Waals surface area contributed by atoms with E-state index < -0.39 is 10.0 Å². The third kappa shape index (κ3) is 3.20. The zero-order valence-electron chi connectivity index (χ0n) is 8.91. The van der Waals surface area contributed by atoms with Gasteiger partial charge in [0.1, 0.15) is 4.90 Å². The van der Waals surface area contributed by atoms with Crippen molar-refractivity contribution >= 4 is 37.6 Å². The van der Waals surface area contributed by atoms with Gasteiger partial charge in [0.15, 0.2) is 0 Å². The van der Waals surface area contributed by atoms with Crippen LogP contribution in [0.3, 0.4) is 0 Å². The fourth-order valence-electron chi connectivity index (χ4n) is 1.73. The van der Waals surface area contributed by atoms with Gasteiger partial charge in [-0.2, -0.15) is 0 Å². The summed E-state index contributed by atoms with van der Waals surface area (Å²) < 4.78 is 27.6. The van der Waals surface area contributed by atoms with Crippen molar-refractivity contribution < 1.29 is 8.42 Å². The van der Waals surface area contributed by atoms with Gasteiger partial charge >= 0.3 is 0 Å². The molecule has 7 heteroatoms. The predicted molar refractivity (Wildman–Crippen MR) is 70.7 cm³/mol. The third-order valence-corrected chi connectivity index (χ3v) is 5.06. The molecule has 4 nitrogen and oxygen atoms in total. The number of halogens is 2. The zero-order valence-corrected chi connectivity index (χ0v) is 12.1. The number of benzene rings is 1. The summed E-state index contributed by atoms with van der Waals surface area (Å²) in [6, 6.07) is 4.67. The maximum absolute atomic E-state index is 12.1. The Kier molecular flexibility index (Phi) is 4.10. The second-order valence-corrected chi connectivity index (χ2v) is 6.89. The topological polar surface area (TPSA) is 58.2 Å². The van der Waals surface area contributed by atoms with Crippen LogP contribution in [0.5, 0.6) is 0 Å². The minimum atomic E-state index is -3.53. The molecule has 1 fully saturated rings. The number of sulfonamides is 1. The number of hydrogen-bond acceptors (Lipinski definition) is 3. The van der Waals surface area contributed by atoms with Crippen LogP contribution in [0.4, 0.5) is 0 Å². The molecule has 0 amide bonds. The van der Waals surface area contributed by atoms with E-state index in [2.05, 4.69) is 26.0 Å². The molecule has 0 unspecified atom stereocenters. The molecule has 1 aliphatic rings. The number of hydrogen-bond donors (Lipinski definition) is 2. The van der Waals surface area contributed by atoms with Crippen molar-refractivity contribution in [3.8, 4) is 0 Å². The van der Waals surface area contributed by atoms with Gasteiger partial charge in [-0.3, -0.25) is 0 Å². The first-order chi connectivity index (χ1) is 7.99. The van der Waals surface area contributed by atoms with E-state index in [0.717, 1.165) is 17.4 Å². The SMILES string of the molecule is O=S(=O)(N[C@@H]1CCNC1)c1ccc(Br)cc1Cl. The van der Waals surface area contributed by atoms with Crippen molar-refractivity contribution in [1.29, 1.82) is 0 Å². The van der Waals surface area contributed by atoms with Crippen LogP contribution in [-0.2, 0) is 10.0 Å². The van der Waals surface area contributed by atoms with Gasteiger partial charge in [-0.15, -0.1) is 0 Å². The lowest BCUT2D eigenvalue weighted by Crippen LogP contribution is -2.36. The van der Waals surface area contributed by atoms with Crippen molar-refractivity contribution in [3.05, 3.63) is 27.7 Å². The first-order valence-electron chi connectivity index (χ1n) is 5.17. The fraction of sp³-hybridized carbons (Fsp3) is 0.400. The van der Waals surface area contributed by atoms with Gasteiger partial charge in [0.2, 0.25) is 10.0 Å². The van der Waals surface area contributed by atoms with Crippen LogP contribution in [0.2, 0.25) is 5.02 Å². The monoisotopic (exact) mass is 338 g/mol. The van der Waals surface area contributed by atoms with Crippen LogP contribution in [0, 0.1) is 0 Å². The molecule has 1 aromatic carbocycles. The molecule has 17 heavy (non-hydrogen) atoms. The molecular weight excluding hydrogens is 328 g/mol. The molecule has 1 heterocycles. The molecular formula is C10H12BrClN2O2S. The Bertz CT molecular complexity index is 515. The minimum Gasteiger partial charge on any atom is -0.315 e. The highest BCUT2D eigenvalue weighted by atomic mass is 79.9. The van der Waals surface area contributed by atoms with E-state index in [-0.39, 0.29) is 16.0 Å². The van der Waals surface area contributed by atoms with Gasteiger partial charge in [-0.25, -0.2) is 13.1 Å². The summed E-state index contributed by atoms with van der Waals surface area (Å²) in [7, 11) is -3.53. The maximum Gasteiger partial charge on any atom is 0.242 e. The van der Waals surface area contributed by atoms with Crippen molar-refractivity contribution in [2.24, 2.45) is 0 Å². The Morgan fingerprint density at radius 3 is 2.82 bits per heavy atom. The summed E-state index contributed by atoms with van der Waals surface area (Å²) in [4.78, 5) is 0.120. The highest BCUT2D eigenvalue weighted by Crippen LogP contribution is 2.25. The molecule has 1 aromatic rings. The lowest BCUT2D eigenvalue weighted by molar-refractivity contribution is 0.560. The van der Waals surface area contributed by atoms with Gasteiger partial charge in [-0.1, -0.05) is 27.5 Å². The lowest BCUT2D eigenvalue weighted by atomic mass is 10.3. The largest absolute Gasteiger partial charge is 0.315 e. The minimum absolute atomic E-state index is 0.0558. The number of rotatable bonds is 3. The summed E-state index contributed by atoms with van der Waals surface area (Å²) in [5.74, 6) is 0. The van der Waals surface area contributed by atoms with E-state index in [1.54, 1.807) is 12.1 Å². The standard InChI is InChI=1S/C10H12BrClN2O2S/c11-7-1-2-10(9(12)5-7)17(15,16)14-8-3-4-13-6-8/h1-2,5,8,13-14H,3-4,6H2/t8-/m1/s1. The fourth-order valence-corrected chi connectivity index (χ4v) is 4.04. The Morgan fingerprint density at radius 1 is 1.47 bits per heavy atom. The van der Waals surface area contributed by atoms with Crippen LogP contribution in [0.1, 0.15) is 6.42 Å². The summed E-state index contributed by atoms with van der Waals surface area (Å²) in [5.41, 5.74) is 0. The van der Waals surface area contributed by atoms with E-state index in [0.29, 0.717) is 6.54 Å². The lowest BCUT2D eigenvalue weighted by Gasteiger charge is -2.13. The molecule has 2 rings (SSSR count). The first-order valence-corrected chi connectivity index (χ1v) is 7.82. The third-order valence-electron chi connectivity index (χ3n) is 2.57. The van der Waals surface area contributed by atoms with Gasteiger partial charge in [-0.05, 0) is 31.2 Å². The van der Waals surface area contributed by atoms with Crippen LogP contribution in [0.25, 0.3) is 0 Å². The molecule has 0 aromatic heterocycles. The van der Waals surface area contributed by atoms with Gasteiger partial charge in [0.25, 0.3) is 0 Å². The zero-order chi connectivity index (χ0) is 12.5. The predicted octanol–water partition coefficient (Wildman–Crippen LogP) is 1.74. The molecule has 94 valence electrons. The van der Waals surface area contributed by atoms with Crippen molar-refractivity contribution in [1.82, 2.24) is 10.0 Å². The Labute approximate surface area is 114 Å². The molecule has 0 radical (unpaired) electrons. The van der Waals surface area contributed by atoms with Crippen molar-refractivity contribution in [3.63, 3.8) is 0 Å². The highest BCUT2D eigenvalue weighted by molar-refractivity contribution is 9.10. The van der Waals surface area contributed by atoms with E-state index in [1.165, 1.54) is 6.07 Å². The average molecular weight is 340 g/mol. The summed E-state index contributed by atoms with van der Waals surface area (Å²) in [5, 5.41) is 3.32. The Morgan fingerprint density at radius 2 is 2.24 bits per heavy atom.